The van der Waals surface area contributed by atoms with Gasteiger partial charge in [-0.2, -0.15) is 5.10 Å². The minimum atomic E-state index is 0.255. The molecule has 24 heavy (non-hydrogen) atoms. The molecule has 0 spiro atoms. The van der Waals surface area contributed by atoms with Crippen LogP contribution in [0.5, 0.6) is 0 Å². The van der Waals surface area contributed by atoms with Crippen molar-refractivity contribution in [3.63, 3.8) is 0 Å². The minimum Gasteiger partial charge on any atom is -0.323 e. The standard InChI is InChI=1S/C19H25N5/c1-15-17(13-23(4)21-15)19-12-20-14-24(19)18(10-11-22(2)3)16-8-6-5-7-9-16/h5-9,12-14,18H,10-11H2,1-4H3. The van der Waals surface area contributed by atoms with Gasteiger partial charge in [0.1, 0.15) is 0 Å². The van der Waals surface area contributed by atoms with Crippen LogP contribution >= 0.6 is 0 Å². The highest BCUT2D eigenvalue weighted by molar-refractivity contribution is 5.61. The molecule has 0 bridgehead atoms. The van der Waals surface area contributed by atoms with E-state index in [2.05, 4.69) is 70.2 Å². The summed E-state index contributed by atoms with van der Waals surface area (Å²) in [6, 6.07) is 10.9. The Labute approximate surface area is 143 Å². The van der Waals surface area contributed by atoms with Gasteiger partial charge in [-0.15, -0.1) is 0 Å². The number of benzene rings is 1. The second-order valence-electron chi connectivity index (χ2n) is 6.51. The van der Waals surface area contributed by atoms with Gasteiger partial charge < -0.3 is 9.47 Å². The molecule has 5 heteroatoms. The Kier molecular flexibility index (Phi) is 4.81. The molecule has 0 amide bonds. The molecule has 0 saturated carbocycles. The van der Waals surface area contributed by atoms with Crippen molar-refractivity contribution in [2.24, 2.45) is 7.05 Å². The Morgan fingerprint density at radius 1 is 1.17 bits per heavy atom. The molecule has 0 aliphatic carbocycles. The molecule has 1 aromatic carbocycles. The minimum absolute atomic E-state index is 0.255. The van der Waals surface area contributed by atoms with Crippen molar-refractivity contribution in [3.05, 3.63) is 60.3 Å². The van der Waals surface area contributed by atoms with Crippen molar-refractivity contribution in [1.29, 1.82) is 0 Å². The monoisotopic (exact) mass is 323 g/mol. The lowest BCUT2D eigenvalue weighted by Crippen LogP contribution is -2.20. The van der Waals surface area contributed by atoms with E-state index in [9.17, 15) is 0 Å². The van der Waals surface area contributed by atoms with Crippen molar-refractivity contribution >= 4 is 0 Å². The summed E-state index contributed by atoms with van der Waals surface area (Å²) in [5.74, 6) is 0. The summed E-state index contributed by atoms with van der Waals surface area (Å²) in [4.78, 5) is 6.66. The van der Waals surface area contributed by atoms with Crippen LogP contribution in [0.2, 0.25) is 0 Å². The van der Waals surface area contributed by atoms with Gasteiger partial charge in [-0.25, -0.2) is 4.98 Å². The smallest absolute Gasteiger partial charge is 0.0956 e. The number of imidazole rings is 1. The molecule has 1 atom stereocenters. The average Bonchev–Trinajstić information content (AvgIpc) is 3.14. The summed E-state index contributed by atoms with van der Waals surface area (Å²) in [5.41, 5.74) is 4.59. The summed E-state index contributed by atoms with van der Waals surface area (Å²) >= 11 is 0. The van der Waals surface area contributed by atoms with Gasteiger partial charge in [0.15, 0.2) is 0 Å². The van der Waals surface area contributed by atoms with Gasteiger partial charge in [-0.1, -0.05) is 30.3 Å². The lowest BCUT2D eigenvalue weighted by molar-refractivity contribution is 0.367. The highest BCUT2D eigenvalue weighted by Crippen LogP contribution is 2.30. The van der Waals surface area contributed by atoms with Crippen LogP contribution in [-0.4, -0.2) is 44.9 Å². The Hall–Kier alpha value is -2.40. The van der Waals surface area contributed by atoms with Gasteiger partial charge in [0.05, 0.1) is 30.0 Å². The van der Waals surface area contributed by atoms with Crippen molar-refractivity contribution in [2.75, 3.05) is 20.6 Å². The molecule has 2 heterocycles. The highest BCUT2D eigenvalue weighted by atomic mass is 15.3. The maximum absolute atomic E-state index is 4.48. The number of nitrogens with zero attached hydrogens (tertiary/aromatic N) is 5. The van der Waals surface area contributed by atoms with E-state index in [1.54, 1.807) is 0 Å². The molecular formula is C19H25N5. The van der Waals surface area contributed by atoms with Crippen LogP contribution in [0.15, 0.2) is 49.1 Å². The third kappa shape index (κ3) is 3.41. The number of aryl methyl sites for hydroxylation is 2. The summed E-state index contributed by atoms with van der Waals surface area (Å²) in [5, 5.41) is 4.48. The van der Waals surface area contributed by atoms with Crippen LogP contribution in [0.1, 0.15) is 23.7 Å². The van der Waals surface area contributed by atoms with E-state index in [0.717, 1.165) is 29.9 Å². The Morgan fingerprint density at radius 2 is 1.92 bits per heavy atom. The van der Waals surface area contributed by atoms with Gasteiger partial charge in [0, 0.05) is 18.8 Å². The van der Waals surface area contributed by atoms with E-state index in [1.165, 1.54) is 5.56 Å². The van der Waals surface area contributed by atoms with E-state index in [0.29, 0.717) is 0 Å². The van der Waals surface area contributed by atoms with Crippen LogP contribution in [0.25, 0.3) is 11.3 Å². The van der Waals surface area contributed by atoms with E-state index < -0.39 is 0 Å². The number of aromatic nitrogens is 4. The molecule has 2 aromatic heterocycles. The molecule has 0 N–H and O–H groups in total. The third-order valence-electron chi connectivity index (χ3n) is 4.33. The van der Waals surface area contributed by atoms with Gasteiger partial charge in [-0.3, -0.25) is 4.68 Å². The van der Waals surface area contributed by atoms with Crippen molar-refractivity contribution in [2.45, 2.75) is 19.4 Å². The second kappa shape index (κ2) is 7.01. The quantitative estimate of drug-likeness (QED) is 0.699. The van der Waals surface area contributed by atoms with Crippen molar-refractivity contribution in [1.82, 2.24) is 24.2 Å². The fourth-order valence-electron chi connectivity index (χ4n) is 3.13. The first kappa shape index (κ1) is 16.5. The Bertz CT molecular complexity index is 785. The molecule has 0 fully saturated rings. The number of hydrogen-bond donors (Lipinski definition) is 0. The topological polar surface area (TPSA) is 38.9 Å². The van der Waals surface area contributed by atoms with Gasteiger partial charge in [-0.05, 0) is 39.5 Å². The molecule has 5 nitrogen and oxygen atoms in total. The molecule has 3 aromatic rings. The summed E-state index contributed by atoms with van der Waals surface area (Å²) in [6.07, 6.45) is 6.97. The van der Waals surface area contributed by atoms with E-state index in [1.807, 2.05) is 31.2 Å². The van der Waals surface area contributed by atoms with Crippen LogP contribution in [-0.2, 0) is 7.05 Å². The van der Waals surface area contributed by atoms with Gasteiger partial charge in [0.2, 0.25) is 0 Å². The zero-order valence-corrected chi connectivity index (χ0v) is 14.8. The highest BCUT2D eigenvalue weighted by Gasteiger charge is 2.19. The third-order valence-corrected chi connectivity index (χ3v) is 4.33. The zero-order valence-electron chi connectivity index (χ0n) is 14.8. The fraction of sp³-hybridized carbons (Fsp3) is 0.368. The van der Waals surface area contributed by atoms with Crippen molar-refractivity contribution in [3.8, 4) is 11.3 Å². The largest absolute Gasteiger partial charge is 0.323 e. The molecule has 0 aliphatic heterocycles. The Morgan fingerprint density at radius 3 is 2.54 bits per heavy atom. The summed E-state index contributed by atoms with van der Waals surface area (Å²) in [7, 11) is 6.18. The first-order valence-corrected chi connectivity index (χ1v) is 8.28. The Balaban J connectivity index is 2.03. The lowest BCUT2D eigenvalue weighted by Gasteiger charge is -2.23. The van der Waals surface area contributed by atoms with Crippen LogP contribution in [0.3, 0.4) is 0 Å². The van der Waals surface area contributed by atoms with Crippen LogP contribution < -0.4 is 0 Å². The molecule has 1 unspecified atom stereocenters. The first-order valence-electron chi connectivity index (χ1n) is 8.28. The zero-order chi connectivity index (χ0) is 17.1. The summed E-state index contributed by atoms with van der Waals surface area (Å²) in [6.45, 7) is 3.06. The molecule has 0 saturated heterocycles. The molecule has 3 rings (SSSR count). The lowest BCUT2D eigenvalue weighted by atomic mass is 10.0. The van der Waals surface area contributed by atoms with E-state index in [4.69, 9.17) is 0 Å². The molecule has 126 valence electrons. The van der Waals surface area contributed by atoms with Crippen LogP contribution in [0.4, 0.5) is 0 Å². The van der Waals surface area contributed by atoms with Gasteiger partial charge in [0.25, 0.3) is 0 Å². The predicted octanol–water partition coefficient (Wildman–Crippen LogP) is 3.13. The second-order valence-corrected chi connectivity index (χ2v) is 6.51. The summed E-state index contributed by atoms with van der Waals surface area (Å²) < 4.78 is 4.14. The average molecular weight is 323 g/mol. The van der Waals surface area contributed by atoms with Crippen LogP contribution in [0, 0.1) is 6.92 Å². The van der Waals surface area contributed by atoms with E-state index >= 15 is 0 Å². The maximum atomic E-state index is 4.48. The molecule has 0 aliphatic rings. The molecule has 0 radical (unpaired) electrons. The predicted molar refractivity (Wildman–Crippen MR) is 96.9 cm³/mol. The SMILES string of the molecule is Cc1nn(C)cc1-c1cncn1C(CCN(C)C)c1ccccc1. The van der Waals surface area contributed by atoms with E-state index in [-0.39, 0.29) is 6.04 Å². The number of hydrogen-bond acceptors (Lipinski definition) is 3. The number of rotatable bonds is 6. The van der Waals surface area contributed by atoms with Gasteiger partial charge >= 0.3 is 0 Å². The normalized spacial score (nSPS) is 12.7. The maximum Gasteiger partial charge on any atom is 0.0956 e. The fourth-order valence-corrected chi connectivity index (χ4v) is 3.13. The first-order chi connectivity index (χ1) is 11.6. The molecular weight excluding hydrogens is 298 g/mol. The van der Waals surface area contributed by atoms with Crippen molar-refractivity contribution < 1.29 is 0 Å².